The summed E-state index contributed by atoms with van der Waals surface area (Å²) in [5, 5.41) is 3.20. The van der Waals surface area contributed by atoms with Crippen molar-refractivity contribution in [1.29, 1.82) is 0 Å². The number of benzene rings is 2. The number of hydrogen-bond donors (Lipinski definition) is 1. The van der Waals surface area contributed by atoms with Crippen LogP contribution in [0.2, 0.25) is 0 Å². The lowest BCUT2D eigenvalue weighted by molar-refractivity contribution is -0.116. The van der Waals surface area contributed by atoms with E-state index in [9.17, 15) is 14.4 Å². The van der Waals surface area contributed by atoms with Gasteiger partial charge in [0.15, 0.2) is 0 Å². The first-order chi connectivity index (χ1) is 13.9. The van der Waals surface area contributed by atoms with Gasteiger partial charge in [-0.15, -0.1) is 0 Å². The van der Waals surface area contributed by atoms with Crippen molar-refractivity contribution in [3.63, 3.8) is 0 Å². The van der Waals surface area contributed by atoms with E-state index in [0.717, 1.165) is 0 Å². The minimum atomic E-state index is -0.473. The number of carbonyl (C=O) groups excluding carboxylic acids is 1. The number of ether oxygens (including phenoxy) is 1. The first-order valence-corrected chi connectivity index (χ1v) is 9.57. The fourth-order valence-electron chi connectivity index (χ4n) is 3.13. The topological polar surface area (TPSA) is 82.3 Å². The lowest BCUT2D eigenvalue weighted by Crippen LogP contribution is -2.42. The van der Waals surface area contributed by atoms with Gasteiger partial charge in [0.05, 0.1) is 18.0 Å². The molecule has 0 aliphatic carbocycles. The second-order valence-corrected chi connectivity index (χ2v) is 7.30. The molecule has 1 aromatic heterocycles. The Kier molecular flexibility index (Phi) is 6.16. The number of anilines is 1. The average molecular weight is 395 g/mol. The molecule has 7 heteroatoms. The van der Waals surface area contributed by atoms with Gasteiger partial charge in [-0.25, -0.2) is 4.79 Å². The summed E-state index contributed by atoms with van der Waals surface area (Å²) in [5.74, 6) is 0.679. The molecular weight excluding hydrogens is 370 g/mol. The van der Waals surface area contributed by atoms with E-state index in [4.69, 9.17) is 4.74 Å². The summed E-state index contributed by atoms with van der Waals surface area (Å²) in [6, 6.07) is 13.8. The summed E-state index contributed by atoms with van der Waals surface area (Å²) in [4.78, 5) is 38.4. The van der Waals surface area contributed by atoms with Crippen LogP contribution in [0.3, 0.4) is 0 Å². The highest BCUT2D eigenvalue weighted by Crippen LogP contribution is 2.15. The van der Waals surface area contributed by atoms with Gasteiger partial charge in [-0.05, 0) is 48.7 Å². The van der Waals surface area contributed by atoms with Crippen molar-refractivity contribution < 1.29 is 9.53 Å². The maximum absolute atomic E-state index is 13.0. The monoisotopic (exact) mass is 395 g/mol. The molecule has 1 N–H and O–H groups in total. The van der Waals surface area contributed by atoms with Crippen LogP contribution in [0.25, 0.3) is 10.9 Å². The molecule has 0 saturated carbocycles. The summed E-state index contributed by atoms with van der Waals surface area (Å²) in [5.41, 5.74) is 0.256. The molecular formula is C22H25N3O4. The molecule has 2 aromatic carbocycles. The zero-order valence-electron chi connectivity index (χ0n) is 16.8. The zero-order valence-corrected chi connectivity index (χ0v) is 16.8. The third-order valence-electron chi connectivity index (χ3n) is 4.74. The van der Waals surface area contributed by atoms with Gasteiger partial charge in [0, 0.05) is 12.2 Å². The summed E-state index contributed by atoms with van der Waals surface area (Å²) in [7, 11) is 1.57. The van der Waals surface area contributed by atoms with Gasteiger partial charge in [0.1, 0.15) is 12.3 Å². The van der Waals surface area contributed by atoms with Crippen LogP contribution in [0.4, 0.5) is 5.69 Å². The molecule has 0 aliphatic rings. The van der Waals surface area contributed by atoms with Crippen LogP contribution in [0.15, 0.2) is 58.1 Å². The van der Waals surface area contributed by atoms with Crippen LogP contribution in [-0.2, 0) is 17.9 Å². The maximum Gasteiger partial charge on any atom is 0.331 e. The third-order valence-corrected chi connectivity index (χ3v) is 4.74. The van der Waals surface area contributed by atoms with Crippen molar-refractivity contribution in [3.8, 4) is 5.75 Å². The number of nitrogens with one attached hydrogen (secondary N) is 1. The van der Waals surface area contributed by atoms with E-state index < -0.39 is 5.69 Å². The fraction of sp³-hybridized carbons (Fsp3) is 0.318. The van der Waals surface area contributed by atoms with E-state index in [1.807, 2.05) is 13.8 Å². The fourth-order valence-corrected chi connectivity index (χ4v) is 3.13. The second-order valence-electron chi connectivity index (χ2n) is 7.30. The molecule has 3 aromatic rings. The first kappa shape index (κ1) is 20.4. The third kappa shape index (κ3) is 4.56. The lowest BCUT2D eigenvalue weighted by atomic mass is 10.1. The van der Waals surface area contributed by atoms with E-state index in [1.54, 1.807) is 55.6 Å². The lowest BCUT2D eigenvalue weighted by Gasteiger charge is -2.15. The van der Waals surface area contributed by atoms with Crippen molar-refractivity contribution in [3.05, 3.63) is 69.4 Å². The predicted octanol–water partition coefficient (Wildman–Crippen LogP) is 2.86. The Morgan fingerprint density at radius 3 is 2.38 bits per heavy atom. The minimum absolute atomic E-state index is 0.187. The number of rotatable bonds is 7. The molecule has 0 unspecified atom stereocenters. The summed E-state index contributed by atoms with van der Waals surface area (Å²) in [6.07, 6.45) is 0.700. The average Bonchev–Trinajstić information content (AvgIpc) is 2.71. The normalized spacial score (nSPS) is 11.0. The maximum atomic E-state index is 13.0. The highest BCUT2D eigenvalue weighted by molar-refractivity contribution is 5.91. The Morgan fingerprint density at radius 1 is 1.03 bits per heavy atom. The molecule has 0 radical (unpaired) electrons. The molecule has 7 nitrogen and oxygen atoms in total. The highest BCUT2D eigenvalue weighted by atomic mass is 16.5. The Morgan fingerprint density at radius 2 is 1.72 bits per heavy atom. The Balaban J connectivity index is 1.95. The van der Waals surface area contributed by atoms with Crippen LogP contribution < -0.4 is 21.3 Å². The van der Waals surface area contributed by atoms with E-state index in [1.165, 1.54) is 9.13 Å². The quantitative estimate of drug-likeness (QED) is 0.667. The second kappa shape index (κ2) is 8.77. The zero-order chi connectivity index (χ0) is 21.0. The Labute approximate surface area is 168 Å². The van der Waals surface area contributed by atoms with Crippen molar-refractivity contribution in [2.45, 2.75) is 33.4 Å². The Bertz CT molecular complexity index is 1130. The minimum Gasteiger partial charge on any atom is -0.497 e. The summed E-state index contributed by atoms with van der Waals surface area (Å²) < 4.78 is 7.69. The number of aromatic nitrogens is 2. The number of fused-ring (bicyclic) bond motifs is 1. The predicted molar refractivity (Wildman–Crippen MR) is 114 cm³/mol. The molecule has 152 valence electrons. The van der Waals surface area contributed by atoms with Gasteiger partial charge in [-0.2, -0.15) is 0 Å². The standard InChI is InChI=1S/C22H25N3O4/c1-15(2)12-13-24-21(27)18-6-4-5-7-19(18)25(22(24)28)14-20(26)23-16-8-10-17(29-3)11-9-16/h4-11,15H,12-14H2,1-3H3,(H,23,26). The molecule has 1 heterocycles. The van der Waals surface area contributed by atoms with Crippen molar-refractivity contribution >= 4 is 22.5 Å². The van der Waals surface area contributed by atoms with E-state index >= 15 is 0 Å². The molecule has 0 atom stereocenters. The number of hydrogen-bond acceptors (Lipinski definition) is 4. The number of nitrogens with zero attached hydrogens (tertiary/aromatic N) is 2. The van der Waals surface area contributed by atoms with Crippen LogP contribution in [-0.4, -0.2) is 22.2 Å². The molecule has 1 amide bonds. The summed E-state index contributed by atoms with van der Waals surface area (Å²) >= 11 is 0. The number of carbonyl (C=O) groups is 1. The molecule has 0 aliphatic heterocycles. The van der Waals surface area contributed by atoms with E-state index in [2.05, 4.69) is 5.32 Å². The molecule has 29 heavy (non-hydrogen) atoms. The van der Waals surface area contributed by atoms with Gasteiger partial charge in [-0.1, -0.05) is 26.0 Å². The largest absolute Gasteiger partial charge is 0.497 e. The van der Waals surface area contributed by atoms with Crippen molar-refractivity contribution in [1.82, 2.24) is 9.13 Å². The van der Waals surface area contributed by atoms with Gasteiger partial charge in [0.2, 0.25) is 5.91 Å². The van der Waals surface area contributed by atoms with Gasteiger partial charge in [-0.3, -0.25) is 18.7 Å². The molecule has 0 spiro atoms. The number of amides is 1. The molecule has 3 rings (SSSR count). The SMILES string of the molecule is COc1ccc(NC(=O)Cn2c(=O)n(CCC(C)C)c(=O)c3ccccc32)cc1. The van der Waals surface area contributed by atoms with Crippen LogP contribution in [0.1, 0.15) is 20.3 Å². The highest BCUT2D eigenvalue weighted by Gasteiger charge is 2.15. The van der Waals surface area contributed by atoms with Gasteiger partial charge < -0.3 is 10.1 Å². The van der Waals surface area contributed by atoms with E-state index in [-0.39, 0.29) is 18.0 Å². The van der Waals surface area contributed by atoms with Gasteiger partial charge >= 0.3 is 5.69 Å². The molecule has 0 fully saturated rings. The first-order valence-electron chi connectivity index (χ1n) is 9.57. The van der Waals surface area contributed by atoms with Crippen molar-refractivity contribution in [2.75, 3.05) is 12.4 Å². The van der Waals surface area contributed by atoms with E-state index in [0.29, 0.717) is 41.2 Å². The number of methoxy groups -OCH3 is 1. The van der Waals surface area contributed by atoms with Crippen LogP contribution >= 0.6 is 0 Å². The molecule has 0 bridgehead atoms. The number of para-hydroxylation sites is 1. The van der Waals surface area contributed by atoms with Crippen LogP contribution in [0.5, 0.6) is 5.75 Å². The molecule has 0 saturated heterocycles. The summed E-state index contributed by atoms with van der Waals surface area (Å²) in [6.45, 7) is 4.20. The van der Waals surface area contributed by atoms with Crippen molar-refractivity contribution in [2.24, 2.45) is 5.92 Å². The van der Waals surface area contributed by atoms with Crippen LogP contribution in [0, 0.1) is 5.92 Å². The smallest absolute Gasteiger partial charge is 0.331 e. The van der Waals surface area contributed by atoms with Gasteiger partial charge in [0.25, 0.3) is 5.56 Å². The Hall–Kier alpha value is -3.35.